The van der Waals surface area contributed by atoms with Gasteiger partial charge in [-0.3, -0.25) is 19.3 Å². The molecule has 0 aliphatic carbocycles. The number of nitrogens with zero attached hydrogens (tertiary/aromatic N) is 2. The van der Waals surface area contributed by atoms with Crippen molar-refractivity contribution >= 4 is 54.2 Å². The molecule has 0 spiro atoms. The van der Waals surface area contributed by atoms with E-state index in [0.717, 1.165) is 68.7 Å². The molecular weight excluding hydrogens is 832 g/mol. The summed E-state index contributed by atoms with van der Waals surface area (Å²) in [6, 6.07) is 14.1. The molecular formula is C47H73ClN4O9S. The van der Waals surface area contributed by atoms with Crippen LogP contribution in [0.25, 0.3) is 0 Å². The number of aldehydes is 1. The van der Waals surface area contributed by atoms with Crippen LogP contribution in [0.2, 0.25) is 5.02 Å². The van der Waals surface area contributed by atoms with Crippen molar-refractivity contribution in [2.24, 2.45) is 17.8 Å². The molecule has 0 unspecified atom stereocenters. The SMILES string of the molecule is CO[C@@H](CC(C)C)C(=O)O.COc1ccc(C)cc1Cl.C[C@@H](C=O)CNC(=O)CNC(=O)/C=C/CC[C@H](C)[C@@H](O)Cc1ccc(CN2CCN(C(=O)CCC(C)(C)S)CC2)cc1. The predicted octanol–water partition coefficient (Wildman–Crippen LogP) is 6.55. The van der Waals surface area contributed by atoms with Crippen LogP contribution >= 0.6 is 24.2 Å². The van der Waals surface area contributed by atoms with Crippen molar-refractivity contribution in [2.45, 2.75) is 110 Å². The Morgan fingerprint density at radius 2 is 1.60 bits per heavy atom. The smallest absolute Gasteiger partial charge is 0.332 e. The number of thiol groups is 1. The number of hydrogen-bond donors (Lipinski definition) is 5. The van der Waals surface area contributed by atoms with Crippen LogP contribution in [0.5, 0.6) is 5.75 Å². The van der Waals surface area contributed by atoms with Crippen molar-refractivity contribution in [3.63, 3.8) is 0 Å². The Morgan fingerprint density at radius 1 is 0.968 bits per heavy atom. The summed E-state index contributed by atoms with van der Waals surface area (Å²) < 4.78 is 9.56. The zero-order chi connectivity index (χ0) is 46.8. The zero-order valence-corrected chi connectivity index (χ0v) is 40.0. The highest BCUT2D eigenvalue weighted by Gasteiger charge is 2.23. The fraction of sp³-hybridized carbons (Fsp3) is 0.596. The zero-order valence-electron chi connectivity index (χ0n) is 38.3. The number of halogens is 1. The van der Waals surface area contributed by atoms with Gasteiger partial charge in [0, 0.05) is 63.5 Å². The van der Waals surface area contributed by atoms with Gasteiger partial charge in [-0.1, -0.05) is 89.6 Å². The molecule has 2 aromatic carbocycles. The Balaban J connectivity index is 0.000000780. The molecule has 348 valence electrons. The number of hydrogen-bond acceptors (Lipinski definition) is 10. The van der Waals surface area contributed by atoms with Gasteiger partial charge >= 0.3 is 5.97 Å². The summed E-state index contributed by atoms with van der Waals surface area (Å²) in [5.41, 5.74) is 3.44. The number of aliphatic hydroxyl groups is 1. The van der Waals surface area contributed by atoms with Crippen LogP contribution in [0.3, 0.4) is 0 Å². The van der Waals surface area contributed by atoms with E-state index in [1.807, 2.05) is 64.6 Å². The van der Waals surface area contributed by atoms with Gasteiger partial charge in [0.2, 0.25) is 17.7 Å². The molecule has 62 heavy (non-hydrogen) atoms. The number of allylic oxidation sites excluding steroid dienone is 1. The second kappa shape index (κ2) is 30.2. The van der Waals surface area contributed by atoms with E-state index in [1.54, 1.807) is 20.1 Å². The van der Waals surface area contributed by atoms with Crippen molar-refractivity contribution < 1.29 is 43.7 Å². The van der Waals surface area contributed by atoms with E-state index in [4.69, 9.17) is 26.2 Å². The molecule has 1 fully saturated rings. The first kappa shape index (κ1) is 56.1. The third-order valence-corrected chi connectivity index (χ3v) is 10.6. The summed E-state index contributed by atoms with van der Waals surface area (Å²) >= 11 is 10.3. The Bertz CT molecular complexity index is 1680. The van der Waals surface area contributed by atoms with E-state index in [-0.39, 0.29) is 47.4 Å². The highest BCUT2D eigenvalue weighted by atomic mass is 35.5. The lowest BCUT2D eigenvalue weighted by atomic mass is 9.93. The standard InChI is InChI=1S/C32H50N4O5S.C8H9ClO.C7H14O3/c1-24(23-37)20-33-30(40)21-34-29(39)8-6-5-7-25(2)28(38)19-26-9-11-27(12-10-26)22-35-15-17-36(18-16-35)31(41)13-14-32(3,4)42;1-6-3-4-8(10-2)7(9)5-6;1-5(2)4-6(10-3)7(8)9/h6,8-12,23-25,28,38,42H,5,7,13-22H2,1-4H3,(H,33,40)(H,34,39);3-5H,1-2H3;5-6H,4H2,1-3H3,(H,8,9)/b8-6+;;/t24-,25+,28+;;6-/m1.0/s1. The number of aliphatic hydroxyl groups excluding tert-OH is 1. The van der Waals surface area contributed by atoms with Gasteiger partial charge in [-0.25, -0.2) is 4.79 Å². The number of aryl methyl sites for hydroxylation is 1. The summed E-state index contributed by atoms with van der Waals surface area (Å²) in [6.45, 7) is 17.9. The van der Waals surface area contributed by atoms with Gasteiger partial charge in [-0.05, 0) is 85.8 Å². The van der Waals surface area contributed by atoms with Crippen LogP contribution in [-0.2, 0) is 41.7 Å². The second-order valence-electron chi connectivity index (χ2n) is 17.0. The van der Waals surface area contributed by atoms with E-state index in [0.29, 0.717) is 36.6 Å². The number of nitrogens with one attached hydrogen (secondary N) is 2. The number of benzene rings is 2. The number of ether oxygens (including phenoxy) is 2. The molecule has 0 radical (unpaired) electrons. The van der Waals surface area contributed by atoms with E-state index >= 15 is 0 Å². The molecule has 3 amide bonds. The van der Waals surface area contributed by atoms with Crippen LogP contribution in [0, 0.1) is 24.7 Å². The molecule has 1 aliphatic rings. The van der Waals surface area contributed by atoms with Gasteiger partial charge in [0.15, 0.2) is 6.10 Å². The summed E-state index contributed by atoms with van der Waals surface area (Å²) in [5.74, 6) is -0.475. The van der Waals surface area contributed by atoms with Crippen LogP contribution < -0.4 is 15.4 Å². The largest absolute Gasteiger partial charge is 0.495 e. The maximum atomic E-state index is 12.5. The molecule has 1 aliphatic heterocycles. The number of rotatable bonds is 22. The van der Waals surface area contributed by atoms with Gasteiger partial charge < -0.3 is 40.0 Å². The summed E-state index contributed by atoms with van der Waals surface area (Å²) in [6.07, 6.45) is 6.61. The van der Waals surface area contributed by atoms with Gasteiger partial charge in [-0.15, -0.1) is 0 Å². The monoisotopic (exact) mass is 904 g/mol. The molecule has 0 saturated carbocycles. The average molecular weight is 906 g/mol. The van der Waals surface area contributed by atoms with E-state index in [9.17, 15) is 29.1 Å². The third-order valence-electron chi connectivity index (χ3n) is 10.1. The first-order chi connectivity index (χ1) is 29.2. The lowest BCUT2D eigenvalue weighted by Crippen LogP contribution is -2.48. The number of piperazine rings is 1. The minimum absolute atomic E-state index is 0.0563. The van der Waals surface area contributed by atoms with Crippen LogP contribution in [-0.4, -0.2) is 120 Å². The van der Waals surface area contributed by atoms with Gasteiger partial charge in [0.05, 0.1) is 24.8 Å². The minimum Gasteiger partial charge on any atom is -0.495 e. The number of carbonyl (C=O) groups excluding carboxylic acids is 4. The molecule has 0 aromatic heterocycles. The molecule has 4 N–H and O–H groups in total. The molecule has 2 aromatic rings. The maximum Gasteiger partial charge on any atom is 0.332 e. The van der Waals surface area contributed by atoms with Crippen molar-refractivity contribution in [1.29, 1.82) is 0 Å². The third kappa shape index (κ3) is 25.2. The number of aliphatic carboxylic acids is 1. The molecule has 4 atom stereocenters. The Morgan fingerprint density at radius 3 is 2.11 bits per heavy atom. The summed E-state index contributed by atoms with van der Waals surface area (Å²) in [5, 5.41) is 25.0. The topological polar surface area (TPSA) is 175 Å². The Labute approximate surface area is 380 Å². The van der Waals surface area contributed by atoms with Gasteiger partial charge in [0.1, 0.15) is 12.0 Å². The van der Waals surface area contributed by atoms with Gasteiger partial charge in [-0.2, -0.15) is 12.6 Å². The number of carboxylic acids is 1. The first-order valence-electron chi connectivity index (χ1n) is 21.4. The molecule has 1 saturated heterocycles. The van der Waals surface area contributed by atoms with Gasteiger partial charge in [0.25, 0.3) is 0 Å². The van der Waals surface area contributed by atoms with Crippen molar-refractivity contribution in [3.05, 3.63) is 76.3 Å². The maximum absolute atomic E-state index is 12.5. The average Bonchev–Trinajstić information content (AvgIpc) is 3.22. The van der Waals surface area contributed by atoms with E-state index in [1.165, 1.54) is 18.7 Å². The van der Waals surface area contributed by atoms with Crippen molar-refractivity contribution in [2.75, 3.05) is 53.5 Å². The normalized spacial score (nSPS) is 15.0. The van der Waals surface area contributed by atoms with Crippen molar-refractivity contribution in [1.82, 2.24) is 20.4 Å². The number of carbonyl (C=O) groups is 5. The number of carboxylic acid groups (broad SMARTS) is 1. The van der Waals surface area contributed by atoms with Crippen LogP contribution in [0.1, 0.15) is 90.3 Å². The lowest BCUT2D eigenvalue weighted by Gasteiger charge is -2.35. The highest BCUT2D eigenvalue weighted by Crippen LogP contribution is 2.24. The first-order valence-corrected chi connectivity index (χ1v) is 22.2. The van der Waals surface area contributed by atoms with Crippen LogP contribution in [0.4, 0.5) is 0 Å². The fourth-order valence-electron chi connectivity index (χ4n) is 6.06. The van der Waals surface area contributed by atoms with E-state index < -0.39 is 18.2 Å². The second-order valence-corrected chi connectivity index (χ2v) is 18.6. The quantitative estimate of drug-likeness (QED) is 0.0495. The van der Waals surface area contributed by atoms with E-state index in [2.05, 4.69) is 52.4 Å². The Kier molecular flexibility index (Phi) is 27.3. The number of methoxy groups -OCH3 is 2. The lowest BCUT2D eigenvalue weighted by molar-refractivity contribution is -0.149. The summed E-state index contributed by atoms with van der Waals surface area (Å²) in [4.78, 5) is 61.3. The van der Waals surface area contributed by atoms with Crippen LogP contribution in [0.15, 0.2) is 54.6 Å². The summed E-state index contributed by atoms with van der Waals surface area (Å²) in [7, 11) is 3.03. The fourth-order valence-corrected chi connectivity index (χ4v) is 6.48. The Hall–Kier alpha value is -3.95. The minimum atomic E-state index is -0.879. The number of amides is 3. The molecule has 13 nitrogen and oxygen atoms in total. The molecule has 3 rings (SSSR count). The predicted molar refractivity (Wildman–Crippen MR) is 250 cm³/mol. The molecule has 1 heterocycles. The van der Waals surface area contributed by atoms with Crippen molar-refractivity contribution in [3.8, 4) is 5.75 Å². The molecule has 0 bridgehead atoms. The highest BCUT2D eigenvalue weighted by molar-refractivity contribution is 7.81. The molecule has 15 heteroatoms.